The molecule has 0 fully saturated rings. The number of nitrogens with zero attached hydrogens (tertiary/aromatic N) is 2. The van der Waals surface area contributed by atoms with Gasteiger partial charge < -0.3 is 9.47 Å². The van der Waals surface area contributed by atoms with Crippen LogP contribution in [0.3, 0.4) is 0 Å². The Balaban J connectivity index is 1.64. The van der Waals surface area contributed by atoms with Crippen molar-refractivity contribution in [2.24, 2.45) is 4.99 Å². The van der Waals surface area contributed by atoms with Gasteiger partial charge >= 0.3 is 6.09 Å². The Morgan fingerprint density at radius 2 is 2.04 bits per heavy atom. The second-order valence-electron chi connectivity index (χ2n) is 6.73. The minimum absolute atomic E-state index is 0.397. The third-order valence-corrected chi connectivity index (χ3v) is 5.63. The molecule has 1 aliphatic rings. The Hall–Kier alpha value is -2.33. The van der Waals surface area contributed by atoms with E-state index in [0.29, 0.717) is 10.8 Å². The van der Waals surface area contributed by atoms with Crippen LogP contribution in [0, 0.1) is 0 Å². The maximum absolute atomic E-state index is 12.2. The van der Waals surface area contributed by atoms with Gasteiger partial charge in [0.05, 0.1) is 17.3 Å². The summed E-state index contributed by atoms with van der Waals surface area (Å²) in [7, 11) is 1.62. The first-order chi connectivity index (χ1) is 12.7. The number of carbonyl (C=O) groups is 2. The van der Waals surface area contributed by atoms with Gasteiger partial charge in [-0.05, 0) is 39.0 Å². The van der Waals surface area contributed by atoms with Gasteiger partial charge in [0.25, 0.3) is 5.91 Å². The number of carbonyl (C=O) groups excluding carboxylic acids is 2. The largest absolute Gasteiger partial charge is 0.497 e. The standard InChI is InChI=1S/C17H20N4O4S2/c1-17(2,3)25-16(23)21-20-13(22)11-8-26-14(19-11)15-18-10-6-5-9(24-4)7-12(10)27-15/h5-7,11H,8H2,1-4H3,(H,20,22)(H,21,23)/t11-/m1/s1. The fraction of sp³-hybridized carbons (Fsp3) is 0.412. The van der Waals surface area contributed by atoms with E-state index in [1.807, 2.05) is 18.2 Å². The number of rotatable bonds is 3. The molecule has 0 unspecified atom stereocenters. The third-order valence-electron chi connectivity index (χ3n) is 3.42. The van der Waals surface area contributed by atoms with Crippen molar-refractivity contribution in [3.63, 3.8) is 0 Å². The average Bonchev–Trinajstić information content (AvgIpc) is 3.23. The highest BCUT2D eigenvalue weighted by Gasteiger charge is 2.28. The number of aromatic nitrogens is 1. The average molecular weight is 409 g/mol. The molecule has 0 saturated heterocycles. The molecule has 8 nitrogen and oxygen atoms in total. The summed E-state index contributed by atoms with van der Waals surface area (Å²) in [5, 5.41) is 1.48. The van der Waals surface area contributed by atoms with E-state index in [1.165, 1.54) is 23.1 Å². The van der Waals surface area contributed by atoms with Crippen LogP contribution in [-0.2, 0) is 9.53 Å². The second kappa shape index (κ2) is 7.73. The fourth-order valence-corrected chi connectivity index (χ4v) is 4.35. The first-order valence-corrected chi connectivity index (χ1v) is 10.00. The number of ether oxygens (including phenoxy) is 2. The summed E-state index contributed by atoms with van der Waals surface area (Å²) in [4.78, 5) is 32.8. The van der Waals surface area contributed by atoms with E-state index in [-0.39, 0.29) is 0 Å². The summed E-state index contributed by atoms with van der Waals surface area (Å²) in [6.07, 6.45) is -0.717. The number of nitrogens with one attached hydrogen (secondary N) is 2. The lowest BCUT2D eigenvalue weighted by molar-refractivity contribution is -0.122. The summed E-state index contributed by atoms with van der Waals surface area (Å²) in [5.74, 6) is 0.853. The van der Waals surface area contributed by atoms with Gasteiger partial charge in [0.2, 0.25) is 0 Å². The van der Waals surface area contributed by atoms with Crippen molar-refractivity contribution >= 4 is 50.4 Å². The van der Waals surface area contributed by atoms with Crippen molar-refractivity contribution in [1.82, 2.24) is 15.8 Å². The van der Waals surface area contributed by atoms with E-state index in [4.69, 9.17) is 9.47 Å². The molecule has 1 aromatic carbocycles. The lowest BCUT2D eigenvalue weighted by Crippen LogP contribution is -2.47. The molecule has 10 heteroatoms. The zero-order chi connectivity index (χ0) is 19.6. The number of amides is 2. The molecule has 1 atom stereocenters. The number of fused-ring (bicyclic) bond motifs is 1. The molecule has 1 aliphatic heterocycles. The summed E-state index contributed by atoms with van der Waals surface area (Å²) in [6.45, 7) is 5.23. The maximum Gasteiger partial charge on any atom is 0.426 e. The van der Waals surface area contributed by atoms with Crippen molar-refractivity contribution in [3.8, 4) is 5.75 Å². The summed E-state index contributed by atoms with van der Waals surface area (Å²) >= 11 is 2.96. The van der Waals surface area contributed by atoms with Crippen LogP contribution >= 0.6 is 23.1 Å². The van der Waals surface area contributed by atoms with E-state index >= 15 is 0 Å². The topological polar surface area (TPSA) is 102 Å². The van der Waals surface area contributed by atoms with Crippen molar-refractivity contribution in [3.05, 3.63) is 23.2 Å². The number of thioether (sulfide) groups is 1. The molecule has 27 heavy (non-hydrogen) atoms. The highest BCUT2D eigenvalue weighted by molar-refractivity contribution is 8.15. The molecule has 0 bridgehead atoms. The van der Waals surface area contributed by atoms with Crippen LogP contribution in [0.15, 0.2) is 23.2 Å². The smallest absolute Gasteiger partial charge is 0.426 e. The number of hydrogen-bond acceptors (Lipinski definition) is 8. The maximum atomic E-state index is 12.2. The first-order valence-electron chi connectivity index (χ1n) is 8.19. The molecule has 2 amide bonds. The molecule has 2 aromatic rings. The van der Waals surface area contributed by atoms with Crippen LogP contribution in [0.5, 0.6) is 5.75 Å². The molecule has 2 N–H and O–H groups in total. The Bertz CT molecular complexity index is 904. The van der Waals surface area contributed by atoms with Crippen molar-refractivity contribution in [1.29, 1.82) is 0 Å². The molecule has 0 saturated carbocycles. The summed E-state index contributed by atoms with van der Waals surface area (Å²) in [6, 6.07) is 5.07. The molecule has 3 rings (SSSR count). The van der Waals surface area contributed by atoms with Crippen LogP contribution in [0.4, 0.5) is 4.79 Å². The minimum Gasteiger partial charge on any atom is -0.497 e. The van der Waals surface area contributed by atoms with Crippen molar-refractivity contribution in [2.75, 3.05) is 12.9 Å². The van der Waals surface area contributed by atoms with Crippen LogP contribution in [0.25, 0.3) is 10.2 Å². The fourth-order valence-electron chi connectivity index (χ4n) is 2.25. The molecular weight excluding hydrogens is 388 g/mol. The molecule has 0 aliphatic carbocycles. The molecule has 0 radical (unpaired) electrons. The van der Waals surface area contributed by atoms with Gasteiger partial charge in [0.1, 0.15) is 27.4 Å². The van der Waals surface area contributed by atoms with Crippen LogP contribution in [0.1, 0.15) is 25.8 Å². The predicted molar refractivity (Wildman–Crippen MR) is 106 cm³/mol. The number of hydrogen-bond donors (Lipinski definition) is 2. The number of hydrazine groups is 1. The van der Waals surface area contributed by atoms with Crippen LogP contribution in [-0.4, -0.2) is 46.5 Å². The van der Waals surface area contributed by atoms with Crippen LogP contribution < -0.4 is 15.6 Å². The van der Waals surface area contributed by atoms with E-state index in [9.17, 15) is 9.59 Å². The van der Waals surface area contributed by atoms with Gasteiger partial charge in [-0.15, -0.1) is 23.1 Å². The Morgan fingerprint density at radius 1 is 1.26 bits per heavy atom. The van der Waals surface area contributed by atoms with Gasteiger partial charge in [0.15, 0.2) is 0 Å². The van der Waals surface area contributed by atoms with Crippen LogP contribution in [0.2, 0.25) is 0 Å². The van der Waals surface area contributed by atoms with Gasteiger partial charge in [-0.2, -0.15) is 0 Å². The lowest BCUT2D eigenvalue weighted by atomic mass is 10.2. The Morgan fingerprint density at radius 3 is 2.74 bits per heavy atom. The highest BCUT2D eigenvalue weighted by Crippen LogP contribution is 2.31. The predicted octanol–water partition coefficient (Wildman–Crippen LogP) is 2.72. The van der Waals surface area contributed by atoms with Gasteiger partial charge in [-0.3, -0.25) is 15.2 Å². The van der Waals surface area contributed by atoms with Gasteiger partial charge in [-0.25, -0.2) is 15.2 Å². The van der Waals surface area contributed by atoms with E-state index in [0.717, 1.165) is 21.0 Å². The number of benzene rings is 1. The molecule has 1 aromatic heterocycles. The van der Waals surface area contributed by atoms with Crippen molar-refractivity contribution < 1.29 is 19.1 Å². The molecule has 0 spiro atoms. The van der Waals surface area contributed by atoms with E-state index in [2.05, 4.69) is 20.8 Å². The molecule has 144 valence electrons. The van der Waals surface area contributed by atoms with E-state index < -0.39 is 23.6 Å². The Kier molecular flexibility index (Phi) is 5.56. The minimum atomic E-state index is -0.717. The Labute approximate surface area is 164 Å². The third kappa shape index (κ3) is 4.89. The van der Waals surface area contributed by atoms with Crippen molar-refractivity contribution in [2.45, 2.75) is 32.4 Å². The van der Waals surface area contributed by atoms with Gasteiger partial charge in [0, 0.05) is 5.75 Å². The SMILES string of the molecule is COc1ccc2nc(C3=N[C@@H](C(=O)NNC(=O)OC(C)(C)C)CS3)sc2c1. The molecule has 2 heterocycles. The summed E-state index contributed by atoms with van der Waals surface area (Å²) in [5.41, 5.74) is 4.80. The summed E-state index contributed by atoms with van der Waals surface area (Å²) < 4.78 is 11.3. The number of aliphatic imine (C=N–C) groups is 1. The monoisotopic (exact) mass is 408 g/mol. The zero-order valence-electron chi connectivity index (χ0n) is 15.4. The molecular formula is C17H20N4O4S2. The lowest BCUT2D eigenvalue weighted by Gasteiger charge is -2.20. The second-order valence-corrected chi connectivity index (χ2v) is 8.77. The normalized spacial score (nSPS) is 16.7. The zero-order valence-corrected chi connectivity index (χ0v) is 17.0. The van der Waals surface area contributed by atoms with E-state index in [1.54, 1.807) is 27.9 Å². The van der Waals surface area contributed by atoms with Gasteiger partial charge in [-0.1, -0.05) is 0 Å². The number of thiazole rings is 1. The quantitative estimate of drug-likeness (QED) is 0.757. The number of methoxy groups -OCH3 is 1. The first kappa shape index (κ1) is 19.4. The highest BCUT2D eigenvalue weighted by atomic mass is 32.2.